The second-order valence-corrected chi connectivity index (χ2v) is 3.73. The lowest BCUT2D eigenvalue weighted by atomic mass is 10.0. The number of urea groups is 1. The monoisotopic (exact) mass is 184 g/mol. The van der Waals surface area contributed by atoms with Crippen molar-refractivity contribution in [2.45, 2.75) is 39.0 Å². The maximum atomic E-state index is 11.0. The van der Waals surface area contributed by atoms with Gasteiger partial charge in [0, 0.05) is 13.1 Å². The van der Waals surface area contributed by atoms with Gasteiger partial charge < -0.3 is 10.6 Å². The number of hydrogen-bond donors (Lipinski definition) is 2. The van der Waals surface area contributed by atoms with E-state index in [1.165, 1.54) is 25.7 Å². The van der Waals surface area contributed by atoms with Crippen molar-refractivity contribution in [3.05, 3.63) is 0 Å². The zero-order chi connectivity index (χ0) is 9.52. The van der Waals surface area contributed by atoms with Crippen molar-refractivity contribution in [2.24, 2.45) is 5.92 Å². The van der Waals surface area contributed by atoms with Crippen LogP contribution < -0.4 is 10.6 Å². The van der Waals surface area contributed by atoms with Crippen LogP contribution in [-0.4, -0.2) is 19.1 Å². The number of hydrogen-bond acceptors (Lipinski definition) is 1. The summed E-state index contributed by atoms with van der Waals surface area (Å²) in [7, 11) is 0. The van der Waals surface area contributed by atoms with Gasteiger partial charge in [-0.15, -0.1) is 0 Å². The number of nitrogens with one attached hydrogen (secondary N) is 2. The van der Waals surface area contributed by atoms with E-state index >= 15 is 0 Å². The molecule has 0 saturated heterocycles. The summed E-state index contributed by atoms with van der Waals surface area (Å²) in [6.07, 6.45) is 6.63. The highest BCUT2D eigenvalue weighted by Crippen LogP contribution is 2.26. The molecule has 2 amide bonds. The van der Waals surface area contributed by atoms with Crippen molar-refractivity contribution in [1.82, 2.24) is 10.6 Å². The molecule has 1 rings (SSSR count). The minimum Gasteiger partial charge on any atom is -0.338 e. The molecule has 1 aliphatic rings. The lowest BCUT2D eigenvalue weighted by molar-refractivity contribution is 0.240. The van der Waals surface area contributed by atoms with Gasteiger partial charge in [-0.3, -0.25) is 0 Å². The summed E-state index contributed by atoms with van der Waals surface area (Å²) in [5.41, 5.74) is 0. The Morgan fingerprint density at radius 3 is 2.62 bits per heavy atom. The van der Waals surface area contributed by atoms with E-state index in [0.29, 0.717) is 6.54 Å². The summed E-state index contributed by atoms with van der Waals surface area (Å²) >= 11 is 0. The van der Waals surface area contributed by atoms with Gasteiger partial charge in [-0.2, -0.15) is 0 Å². The zero-order valence-electron chi connectivity index (χ0n) is 8.44. The lowest BCUT2D eigenvalue weighted by Crippen LogP contribution is -2.36. The van der Waals surface area contributed by atoms with Crippen LogP contribution in [0, 0.1) is 5.92 Å². The average molecular weight is 184 g/mol. The quantitative estimate of drug-likeness (QED) is 0.688. The second-order valence-electron chi connectivity index (χ2n) is 3.73. The minimum absolute atomic E-state index is 0.0273. The molecular weight excluding hydrogens is 164 g/mol. The van der Waals surface area contributed by atoms with E-state index < -0.39 is 0 Å². The maximum absolute atomic E-state index is 11.0. The fourth-order valence-corrected chi connectivity index (χ4v) is 1.91. The number of amides is 2. The number of carbonyl (C=O) groups is 1. The third-order valence-electron chi connectivity index (χ3n) is 2.65. The Hall–Kier alpha value is -0.730. The molecule has 1 saturated carbocycles. The zero-order valence-corrected chi connectivity index (χ0v) is 8.44. The third-order valence-corrected chi connectivity index (χ3v) is 2.65. The van der Waals surface area contributed by atoms with Gasteiger partial charge in [0.25, 0.3) is 0 Å². The van der Waals surface area contributed by atoms with Gasteiger partial charge in [0.2, 0.25) is 0 Å². The first-order valence-corrected chi connectivity index (χ1v) is 5.34. The van der Waals surface area contributed by atoms with Crippen LogP contribution in [0.15, 0.2) is 0 Å². The van der Waals surface area contributed by atoms with Crippen LogP contribution in [0.1, 0.15) is 39.0 Å². The number of carbonyl (C=O) groups excluding carboxylic acids is 1. The lowest BCUT2D eigenvalue weighted by Gasteiger charge is -2.09. The highest BCUT2D eigenvalue weighted by atomic mass is 16.2. The molecule has 3 heteroatoms. The maximum Gasteiger partial charge on any atom is 0.314 e. The van der Waals surface area contributed by atoms with E-state index in [0.717, 1.165) is 18.9 Å². The molecule has 1 aliphatic carbocycles. The molecule has 0 aliphatic heterocycles. The van der Waals surface area contributed by atoms with Gasteiger partial charge in [-0.1, -0.05) is 25.7 Å². The first kappa shape index (κ1) is 10.4. The average Bonchev–Trinajstić information content (AvgIpc) is 2.57. The van der Waals surface area contributed by atoms with Gasteiger partial charge in [0.05, 0.1) is 0 Å². The molecule has 0 unspecified atom stereocenters. The van der Waals surface area contributed by atoms with Crippen molar-refractivity contribution in [2.75, 3.05) is 13.1 Å². The molecule has 0 aromatic rings. The van der Waals surface area contributed by atoms with Crippen molar-refractivity contribution < 1.29 is 4.79 Å². The van der Waals surface area contributed by atoms with Crippen LogP contribution in [0.3, 0.4) is 0 Å². The summed E-state index contributed by atoms with van der Waals surface area (Å²) in [4.78, 5) is 11.0. The molecule has 0 spiro atoms. The van der Waals surface area contributed by atoms with Crippen LogP contribution in [0.5, 0.6) is 0 Å². The van der Waals surface area contributed by atoms with Gasteiger partial charge in [0.15, 0.2) is 0 Å². The van der Waals surface area contributed by atoms with Crippen LogP contribution in [-0.2, 0) is 0 Å². The molecule has 0 aromatic carbocycles. The molecule has 0 aromatic heterocycles. The summed E-state index contributed by atoms with van der Waals surface area (Å²) in [5.74, 6) is 0.863. The van der Waals surface area contributed by atoms with E-state index in [1.807, 2.05) is 6.92 Å². The van der Waals surface area contributed by atoms with E-state index in [2.05, 4.69) is 10.6 Å². The summed E-state index contributed by atoms with van der Waals surface area (Å²) < 4.78 is 0. The van der Waals surface area contributed by atoms with Crippen molar-refractivity contribution in [3.63, 3.8) is 0 Å². The van der Waals surface area contributed by atoms with Crippen molar-refractivity contribution in [1.29, 1.82) is 0 Å². The fourth-order valence-electron chi connectivity index (χ4n) is 1.91. The van der Waals surface area contributed by atoms with Crippen molar-refractivity contribution in [3.8, 4) is 0 Å². The third kappa shape index (κ3) is 4.15. The highest BCUT2D eigenvalue weighted by Gasteiger charge is 2.14. The molecule has 0 radical (unpaired) electrons. The first-order valence-electron chi connectivity index (χ1n) is 5.34. The van der Waals surface area contributed by atoms with Gasteiger partial charge in [0.1, 0.15) is 0 Å². The molecule has 13 heavy (non-hydrogen) atoms. The Balaban J connectivity index is 1.96. The van der Waals surface area contributed by atoms with E-state index in [1.54, 1.807) is 0 Å². The second kappa shape index (κ2) is 5.84. The molecule has 1 fully saturated rings. The predicted octanol–water partition coefficient (Wildman–Crippen LogP) is 1.89. The van der Waals surface area contributed by atoms with Crippen LogP contribution in [0.25, 0.3) is 0 Å². The Kier molecular flexibility index (Phi) is 4.65. The Labute approximate surface area is 80.3 Å². The SMILES string of the molecule is CCNC(=O)NCCC1CCCC1. The van der Waals surface area contributed by atoms with E-state index in [-0.39, 0.29) is 6.03 Å². The smallest absolute Gasteiger partial charge is 0.314 e. The van der Waals surface area contributed by atoms with Crippen LogP contribution in [0.2, 0.25) is 0 Å². The molecule has 2 N–H and O–H groups in total. The first-order chi connectivity index (χ1) is 6.33. The van der Waals surface area contributed by atoms with Crippen LogP contribution in [0.4, 0.5) is 4.79 Å². The van der Waals surface area contributed by atoms with E-state index in [9.17, 15) is 4.79 Å². The number of rotatable bonds is 4. The minimum atomic E-state index is -0.0273. The van der Waals surface area contributed by atoms with Gasteiger partial charge >= 0.3 is 6.03 Å². The van der Waals surface area contributed by atoms with Gasteiger partial charge in [-0.25, -0.2) is 4.79 Å². The van der Waals surface area contributed by atoms with Crippen LogP contribution >= 0.6 is 0 Å². The highest BCUT2D eigenvalue weighted by molar-refractivity contribution is 5.73. The summed E-state index contributed by atoms with van der Waals surface area (Å²) in [5, 5.41) is 5.58. The van der Waals surface area contributed by atoms with Gasteiger partial charge in [-0.05, 0) is 19.3 Å². The molecular formula is C10H20N2O. The summed E-state index contributed by atoms with van der Waals surface area (Å²) in [6, 6.07) is -0.0273. The fraction of sp³-hybridized carbons (Fsp3) is 0.900. The molecule has 0 heterocycles. The standard InChI is InChI=1S/C10H20N2O/c1-2-11-10(13)12-8-7-9-5-3-4-6-9/h9H,2-8H2,1H3,(H2,11,12,13). The molecule has 0 bridgehead atoms. The largest absolute Gasteiger partial charge is 0.338 e. The Morgan fingerprint density at radius 1 is 1.31 bits per heavy atom. The van der Waals surface area contributed by atoms with Crippen molar-refractivity contribution >= 4 is 6.03 Å². The summed E-state index contributed by atoms with van der Waals surface area (Å²) in [6.45, 7) is 3.46. The molecule has 0 atom stereocenters. The van der Waals surface area contributed by atoms with E-state index in [4.69, 9.17) is 0 Å². The molecule has 76 valence electrons. The normalized spacial score (nSPS) is 17.3. The Morgan fingerprint density at radius 2 is 2.00 bits per heavy atom. The Bertz CT molecular complexity index is 153. The predicted molar refractivity (Wildman–Crippen MR) is 53.7 cm³/mol. The topological polar surface area (TPSA) is 41.1 Å². The molecule has 3 nitrogen and oxygen atoms in total.